The number of hydrogen-bond donors (Lipinski definition) is 1. The molecule has 1 aliphatic heterocycles. The standard InChI is InChI=1S/C20H19N5O2S/c21-14-15-5-11-18(12-6-15)28(26,27)24-17-9-7-16(8-10-17)20-23-22-19-4-2-1-3-13-25(19)20/h5-12,24H,1-4,13H2. The van der Waals surface area contributed by atoms with Crippen LogP contribution >= 0.6 is 0 Å². The number of nitriles is 1. The first-order valence-electron chi connectivity index (χ1n) is 9.12. The lowest BCUT2D eigenvalue weighted by Crippen LogP contribution is -2.12. The predicted molar refractivity (Wildman–Crippen MR) is 105 cm³/mol. The van der Waals surface area contributed by atoms with E-state index in [4.69, 9.17) is 5.26 Å². The molecule has 0 spiro atoms. The molecule has 7 nitrogen and oxygen atoms in total. The van der Waals surface area contributed by atoms with E-state index in [0.29, 0.717) is 11.3 Å². The lowest BCUT2D eigenvalue weighted by atomic mass is 10.2. The fourth-order valence-corrected chi connectivity index (χ4v) is 4.37. The van der Waals surface area contributed by atoms with E-state index in [9.17, 15) is 8.42 Å². The van der Waals surface area contributed by atoms with Gasteiger partial charge >= 0.3 is 0 Å². The van der Waals surface area contributed by atoms with Crippen molar-refractivity contribution >= 4 is 15.7 Å². The van der Waals surface area contributed by atoms with E-state index >= 15 is 0 Å². The van der Waals surface area contributed by atoms with E-state index in [1.807, 2.05) is 18.2 Å². The number of hydrogen-bond acceptors (Lipinski definition) is 5. The first kappa shape index (κ1) is 18.2. The zero-order valence-electron chi connectivity index (χ0n) is 15.2. The normalized spacial score (nSPS) is 14.0. The van der Waals surface area contributed by atoms with Crippen LogP contribution in [0.25, 0.3) is 11.4 Å². The van der Waals surface area contributed by atoms with Crippen molar-refractivity contribution in [2.45, 2.75) is 37.1 Å². The van der Waals surface area contributed by atoms with E-state index in [-0.39, 0.29) is 4.90 Å². The van der Waals surface area contributed by atoms with E-state index in [1.165, 1.54) is 30.7 Å². The predicted octanol–water partition coefficient (Wildman–Crippen LogP) is 3.34. The molecule has 3 aromatic rings. The fraction of sp³-hybridized carbons (Fsp3) is 0.250. The van der Waals surface area contributed by atoms with Crippen LogP contribution in [-0.2, 0) is 23.0 Å². The van der Waals surface area contributed by atoms with Crippen LogP contribution in [0, 0.1) is 11.3 Å². The van der Waals surface area contributed by atoms with Crippen LogP contribution in [0.4, 0.5) is 5.69 Å². The number of aryl methyl sites for hydroxylation is 1. The van der Waals surface area contributed by atoms with Gasteiger partial charge in [-0.25, -0.2) is 8.42 Å². The highest BCUT2D eigenvalue weighted by molar-refractivity contribution is 7.92. The molecule has 142 valence electrons. The number of rotatable bonds is 4. The van der Waals surface area contributed by atoms with Crippen LogP contribution in [0.5, 0.6) is 0 Å². The van der Waals surface area contributed by atoms with Crippen molar-refractivity contribution in [3.8, 4) is 17.5 Å². The summed E-state index contributed by atoms with van der Waals surface area (Å²) in [5.41, 5.74) is 1.78. The van der Waals surface area contributed by atoms with Crippen LogP contribution in [0.15, 0.2) is 53.4 Å². The minimum Gasteiger partial charge on any atom is -0.311 e. The highest BCUT2D eigenvalue weighted by Gasteiger charge is 2.17. The number of anilines is 1. The number of sulfonamides is 1. The quantitative estimate of drug-likeness (QED) is 0.733. The summed E-state index contributed by atoms with van der Waals surface area (Å²) in [4.78, 5) is 0.110. The third kappa shape index (κ3) is 3.62. The molecule has 0 bridgehead atoms. The molecule has 1 aromatic heterocycles. The molecule has 2 heterocycles. The third-order valence-electron chi connectivity index (χ3n) is 4.80. The highest BCUT2D eigenvalue weighted by atomic mass is 32.2. The summed E-state index contributed by atoms with van der Waals surface area (Å²) in [7, 11) is -3.72. The maximum Gasteiger partial charge on any atom is 0.261 e. The molecule has 0 saturated carbocycles. The molecule has 0 fully saturated rings. The first-order chi connectivity index (χ1) is 13.6. The Labute approximate surface area is 163 Å². The maximum atomic E-state index is 12.5. The maximum absolute atomic E-state index is 12.5. The zero-order valence-corrected chi connectivity index (χ0v) is 16.0. The molecule has 0 unspecified atom stereocenters. The second kappa shape index (κ2) is 7.44. The largest absolute Gasteiger partial charge is 0.311 e. The van der Waals surface area contributed by atoms with Crippen molar-refractivity contribution in [3.05, 3.63) is 59.9 Å². The van der Waals surface area contributed by atoms with E-state index in [2.05, 4.69) is 19.5 Å². The monoisotopic (exact) mass is 393 g/mol. The van der Waals surface area contributed by atoms with Gasteiger partial charge in [-0.2, -0.15) is 5.26 Å². The molecule has 28 heavy (non-hydrogen) atoms. The van der Waals surface area contributed by atoms with E-state index < -0.39 is 10.0 Å². The Balaban J connectivity index is 1.55. The Morgan fingerprint density at radius 3 is 2.43 bits per heavy atom. The molecule has 0 saturated heterocycles. The summed E-state index contributed by atoms with van der Waals surface area (Å²) in [6.45, 7) is 0.907. The summed E-state index contributed by atoms with van der Waals surface area (Å²) < 4.78 is 29.8. The number of fused-ring (bicyclic) bond motifs is 1. The van der Waals surface area contributed by atoms with Gasteiger partial charge in [0.05, 0.1) is 16.5 Å². The molecule has 0 aliphatic carbocycles. The van der Waals surface area contributed by atoms with E-state index in [0.717, 1.165) is 43.0 Å². The van der Waals surface area contributed by atoms with Crippen LogP contribution in [0.1, 0.15) is 30.7 Å². The number of benzene rings is 2. The lowest BCUT2D eigenvalue weighted by Gasteiger charge is -2.10. The Morgan fingerprint density at radius 2 is 1.71 bits per heavy atom. The number of nitrogens with one attached hydrogen (secondary N) is 1. The minimum atomic E-state index is -3.72. The van der Waals surface area contributed by atoms with Gasteiger partial charge in [0.2, 0.25) is 0 Å². The van der Waals surface area contributed by atoms with Crippen LogP contribution in [0.2, 0.25) is 0 Å². The van der Waals surface area contributed by atoms with Crippen LogP contribution in [-0.4, -0.2) is 23.2 Å². The summed E-state index contributed by atoms with van der Waals surface area (Å²) in [5.74, 6) is 1.83. The SMILES string of the molecule is N#Cc1ccc(S(=O)(=O)Nc2ccc(-c3nnc4n3CCCCC4)cc2)cc1. The average Bonchev–Trinajstić information content (AvgIpc) is 2.96. The van der Waals surface area contributed by atoms with Gasteiger partial charge in [-0.1, -0.05) is 6.42 Å². The molecule has 4 rings (SSSR count). The van der Waals surface area contributed by atoms with Crippen molar-refractivity contribution in [2.24, 2.45) is 0 Å². The van der Waals surface area contributed by atoms with Crippen LogP contribution in [0.3, 0.4) is 0 Å². The van der Waals surface area contributed by atoms with Gasteiger partial charge in [0, 0.05) is 24.2 Å². The van der Waals surface area contributed by atoms with Crippen molar-refractivity contribution in [2.75, 3.05) is 4.72 Å². The Kier molecular flexibility index (Phi) is 4.84. The molecule has 1 aliphatic rings. The van der Waals surface area contributed by atoms with Gasteiger partial charge in [0.1, 0.15) is 5.82 Å². The summed E-state index contributed by atoms with van der Waals surface area (Å²) >= 11 is 0. The van der Waals surface area contributed by atoms with Gasteiger partial charge in [0.15, 0.2) is 5.82 Å². The Hall–Kier alpha value is -3.18. The van der Waals surface area contributed by atoms with Gasteiger partial charge in [-0.3, -0.25) is 4.72 Å². The van der Waals surface area contributed by atoms with Gasteiger partial charge in [-0.15, -0.1) is 10.2 Å². The lowest BCUT2D eigenvalue weighted by molar-refractivity contribution is 0.601. The second-order valence-electron chi connectivity index (χ2n) is 6.72. The Bertz CT molecular complexity index is 1130. The summed E-state index contributed by atoms with van der Waals surface area (Å²) in [6.07, 6.45) is 4.38. The smallest absolute Gasteiger partial charge is 0.261 e. The summed E-state index contributed by atoms with van der Waals surface area (Å²) in [5, 5.41) is 17.5. The third-order valence-corrected chi connectivity index (χ3v) is 6.20. The first-order valence-corrected chi connectivity index (χ1v) is 10.6. The topological polar surface area (TPSA) is 101 Å². The second-order valence-corrected chi connectivity index (χ2v) is 8.40. The number of aromatic nitrogens is 3. The molecule has 0 amide bonds. The molecule has 0 radical (unpaired) electrons. The van der Waals surface area contributed by atoms with Gasteiger partial charge < -0.3 is 4.57 Å². The van der Waals surface area contributed by atoms with E-state index in [1.54, 1.807) is 12.1 Å². The molecule has 1 N–H and O–H groups in total. The van der Waals surface area contributed by atoms with Crippen LogP contribution < -0.4 is 4.72 Å². The van der Waals surface area contributed by atoms with Crippen molar-refractivity contribution < 1.29 is 8.42 Å². The van der Waals surface area contributed by atoms with Crippen molar-refractivity contribution in [1.82, 2.24) is 14.8 Å². The fourth-order valence-electron chi connectivity index (χ4n) is 3.31. The molecule has 2 aromatic carbocycles. The highest BCUT2D eigenvalue weighted by Crippen LogP contribution is 2.25. The average molecular weight is 393 g/mol. The number of nitrogens with zero attached hydrogens (tertiary/aromatic N) is 4. The van der Waals surface area contributed by atoms with Gasteiger partial charge in [-0.05, 0) is 61.4 Å². The van der Waals surface area contributed by atoms with Crippen molar-refractivity contribution in [1.29, 1.82) is 5.26 Å². The molecular weight excluding hydrogens is 374 g/mol. The molecule has 0 atom stereocenters. The molecular formula is C20H19N5O2S. The zero-order chi connectivity index (χ0) is 19.6. The van der Waals surface area contributed by atoms with Crippen molar-refractivity contribution in [3.63, 3.8) is 0 Å². The molecule has 8 heteroatoms. The minimum absolute atomic E-state index is 0.110. The Morgan fingerprint density at radius 1 is 0.964 bits per heavy atom. The summed E-state index contributed by atoms with van der Waals surface area (Å²) in [6, 6.07) is 14.9. The van der Waals surface area contributed by atoms with Gasteiger partial charge in [0.25, 0.3) is 10.0 Å².